The van der Waals surface area contributed by atoms with Gasteiger partial charge in [-0.1, -0.05) is 12.1 Å². The van der Waals surface area contributed by atoms with Crippen molar-refractivity contribution in [3.8, 4) is 5.75 Å². The molecule has 5 heteroatoms. The third-order valence-corrected chi connectivity index (χ3v) is 2.05. The quantitative estimate of drug-likeness (QED) is 0.781. The fourth-order valence-electron chi connectivity index (χ4n) is 1.36. The molecule has 0 saturated carbocycles. The maximum Gasteiger partial charge on any atom is 0.239 e. The number of ether oxygens (including phenoxy) is 1. The zero-order valence-electron chi connectivity index (χ0n) is 8.40. The molecule has 1 aromatic heterocycles. The van der Waals surface area contributed by atoms with Crippen LogP contribution in [0.2, 0.25) is 0 Å². The standard InChI is InChI=1S/C10H12N4O/c1-15-8-4-2-3-7(5-8)6-9-12-10(11)14-13-9/h2-5H,6H2,1H3,(H3,11,12,13,14). The van der Waals surface area contributed by atoms with Gasteiger partial charge in [-0.3, -0.25) is 5.10 Å². The van der Waals surface area contributed by atoms with E-state index in [1.54, 1.807) is 7.11 Å². The van der Waals surface area contributed by atoms with Crippen LogP contribution in [0.25, 0.3) is 0 Å². The van der Waals surface area contributed by atoms with E-state index in [9.17, 15) is 0 Å². The summed E-state index contributed by atoms with van der Waals surface area (Å²) in [4.78, 5) is 4.03. The van der Waals surface area contributed by atoms with Gasteiger partial charge in [0.05, 0.1) is 7.11 Å². The number of benzene rings is 1. The van der Waals surface area contributed by atoms with Gasteiger partial charge in [0.2, 0.25) is 5.95 Å². The molecule has 0 atom stereocenters. The number of methoxy groups -OCH3 is 1. The number of anilines is 1. The Balaban J connectivity index is 2.16. The molecule has 0 spiro atoms. The minimum atomic E-state index is 0.271. The summed E-state index contributed by atoms with van der Waals surface area (Å²) in [5, 5.41) is 6.53. The van der Waals surface area contributed by atoms with Crippen LogP contribution in [0.5, 0.6) is 5.75 Å². The largest absolute Gasteiger partial charge is 0.497 e. The molecule has 0 radical (unpaired) electrons. The van der Waals surface area contributed by atoms with Crippen molar-refractivity contribution in [2.45, 2.75) is 6.42 Å². The van der Waals surface area contributed by atoms with Crippen LogP contribution < -0.4 is 10.5 Å². The Morgan fingerprint density at radius 1 is 1.47 bits per heavy atom. The van der Waals surface area contributed by atoms with E-state index >= 15 is 0 Å². The molecule has 5 nitrogen and oxygen atoms in total. The van der Waals surface area contributed by atoms with Crippen LogP contribution in [-0.2, 0) is 6.42 Å². The van der Waals surface area contributed by atoms with Crippen LogP contribution in [-0.4, -0.2) is 22.3 Å². The zero-order valence-corrected chi connectivity index (χ0v) is 8.40. The lowest BCUT2D eigenvalue weighted by Crippen LogP contribution is -1.92. The molecule has 78 valence electrons. The number of aromatic nitrogens is 3. The molecule has 0 aliphatic rings. The number of hydrogen-bond donors (Lipinski definition) is 2. The van der Waals surface area contributed by atoms with E-state index < -0.39 is 0 Å². The fourth-order valence-corrected chi connectivity index (χ4v) is 1.36. The molecular formula is C10H12N4O. The Morgan fingerprint density at radius 3 is 3.00 bits per heavy atom. The number of nitrogens with zero attached hydrogens (tertiary/aromatic N) is 2. The molecule has 0 bridgehead atoms. The molecule has 3 N–H and O–H groups in total. The number of aromatic amines is 1. The first-order valence-electron chi connectivity index (χ1n) is 4.57. The minimum absolute atomic E-state index is 0.271. The molecule has 1 aromatic carbocycles. The lowest BCUT2D eigenvalue weighted by atomic mass is 10.1. The third-order valence-electron chi connectivity index (χ3n) is 2.05. The predicted molar refractivity (Wildman–Crippen MR) is 56.6 cm³/mol. The third kappa shape index (κ3) is 2.25. The summed E-state index contributed by atoms with van der Waals surface area (Å²) in [7, 11) is 1.64. The number of nitrogens with one attached hydrogen (secondary N) is 1. The summed E-state index contributed by atoms with van der Waals surface area (Å²) in [5.41, 5.74) is 6.51. The molecule has 1 heterocycles. The molecule has 0 amide bonds. The predicted octanol–water partition coefficient (Wildman–Crippen LogP) is 0.986. The molecule has 0 unspecified atom stereocenters. The van der Waals surface area contributed by atoms with Crippen LogP contribution in [0.4, 0.5) is 5.95 Å². The van der Waals surface area contributed by atoms with Crippen LogP contribution in [0.15, 0.2) is 24.3 Å². The lowest BCUT2D eigenvalue weighted by molar-refractivity contribution is 0.414. The van der Waals surface area contributed by atoms with Gasteiger partial charge < -0.3 is 10.5 Å². The Bertz CT molecular complexity index is 452. The highest BCUT2D eigenvalue weighted by atomic mass is 16.5. The average molecular weight is 204 g/mol. The number of nitrogens with two attached hydrogens (primary N) is 1. The summed E-state index contributed by atoms with van der Waals surface area (Å²) >= 11 is 0. The number of rotatable bonds is 3. The Kier molecular flexibility index (Phi) is 2.53. The molecule has 0 saturated heterocycles. The highest BCUT2D eigenvalue weighted by Gasteiger charge is 2.02. The smallest absolute Gasteiger partial charge is 0.239 e. The molecular weight excluding hydrogens is 192 g/mol. The molecule has 0 fully saturated rings. The first-order valence-corrected chi connectivity index (χ1v) is 4.57. The van der Waals surface area contributed by atoms with Gasteiger partial charge in [0, 0.05) is 6.42 Å². The molecule has 2 rings (SSSR count). The van der Waals surface area contributed by atoms with Crippen LogP contribution in [0.1, 0.15) is 11.4 Å². The van der Waals surface area contributed by atoms with Gasteiger partial charge in [-0.15, -0.1) is 5.10 Å². The molecule has 0 aliphatic carbocycles. The maximum atomic E-state index is 5.41. The van der Waals surface area contributed by atoms with E-state index in [-0.39, 0.29) is 5.95 Å². The van der Waals surface area contributed by atoms with E-state index in [0.29, 0.717) is 6.42 Å². The monoisotopic (exact) mass is 204 g/mol. The number of hydrogen-bond acceptors (Lipinski definition) is 4. The van der Waals surface area contributed by atoms with E-state index in [0.717, 1.165) is 17.1 Å². The Labute approximate surface area is 87.3 Å². The first kappa shape index (κ1) is 9.51. The normalized spacial score (nSPS) is 10.2. The van der Waals surface area contributed by atoms with Gasteiger partial charge in [-0.05, 0) is 17.7 Å². The van der Waals surface area contributed by atoms with Gasteiger partial charge in [-0.25, -0.2) is 0 Å². The first-order chi connectivity index (χ1) is 7.28. The summed E-state index contributed by atoms with van der Waals surface area (Å²) in [5.74, 6) is 1.86. The second kappa shape index (κ2) is 4.00. The molecule has 15 heavy (non-hydrogen) atoms. The minimum Gasteiger partial charge on any atom is -0.497 e. The van der Waals surface area contributed by atoms with Crippen molar-refractivity contribution in [1.82, 2.24) is 15.2 Å². The van der Waals surface area contributed by atoms with E-state index in [4.69, 9.17) is 10.5 Å². The summed E-state index contributed by atoms with van der Waals surface area (Å²) in [6, 6.07) is 7.80. The summed E-state index contributed by atoms with van der Waals surface area (Å²) in [6.07, 6.45) is 0.668. The van der Waals surface area contributed by atoms with Gasteiger partial charge in [0.25, 0.3) is 0 Å². The summed E-state index contributed by atoms with van der Waals surface area (Å²) < 4.78 is 5.13. The van der Waals surface area contributed by atoms with Crippen LogP contribution in [0, 0.1) is 0 Å². The van der Waals surface area contributed by atoms with Crippen molar-refractivity contribution < 1.29 is 4.74 Å². The van der Waals surface area contributed by atoms with Crippen molar-refractivity contribution >= 4 is 5.95 Å². The highest BCUT2D eigenvalue weighted by molar-refractivity contribution is 5.30. The van der Waals surface area contributed by atoms with Crippen molar-refractivity contribution in [2.24, 2.45) is 0 Å². The van der Waals surface area contributed by atoms with Gasteiger partial charge in [0.1, 0.15) is 11.6 Å². The van der Waals surface area contributed by atoms with Gasteiger partial charge in [0.15, 0.2) is 0 Å². The van der Waals surface area contributed by atoms with Crippen molar-refractivity contribution in [3.63, 3.8) is 0 Å². The van der Waals surface area contributed by atoms with E-state index in [1.807, 2.05) is 24.3 Å². The van der Waals surface area contributed by atoms with Gasteiger partial charge in [-0.2, -0.15) is 4.98 Å². The van der Waals surface area contributed by atoms with Crippen LogP contribution in [0.3, 0.4) is 0 Å². The summed E-state index contributed by atoms with van der Waals surface area (Å²) in [6.45, 7) is 0. The number of nitrogen functional groups attached to an aromatic ring is 1. The SMILES string of the molecule is COc1cccc(Cc2nc(N)n[nH]2)c1. The Morgan fingerprint density at radius 2 is 2.33 bits per heavy atom. The van der Waals surface area contributed by atoms with E-state index in [1.165, 1.54) is 0 Å². The van der Waals surface area contributed by atoms with Crippen molar-refractivity contribution in [2.75, 3.05) is 12.8 Å². The number of H-pyrrole nitrogens is 1. The topological polar surface area (TPSA) is 76.8 Å². The van der Waals surface area contributed by atoms with Gasteiger partial charge >= 0.3 is 0 Å². The average Bonchev–Trinajstić information content (AvgIpc) is 2.64. The fraction of sp³-hybridized carbons (Fsp3) is 0.200. The van der Waals surface area contributed by atoms with Crippen molar-refractivity contribution in [3.05, 3.63) is 35.7 Å². The molecule has 2 aromatic rings. The van der Waals surface area contributed by atoms with Crippen LogP contribution >= 0.6 is 0 Å². The Hall–Kier alpha value is -2.04. The second-order valence-corrected chi connectivity index (χ2v) is 3.17. The lowest BCUT2D eigenvalue weighted by Gasteiger charge is -2.01. The highest BCUT2D eigenvalue weighted by Crippen LogP contribution is 2.14. The second-order valence-electron chi connectivity index (χ2n) is 3.17. The zero-order chi connectivity index (χ0) is 10.7. The van der Waals surface area contributed by atoms with E-state index in [2.05, 4.69) is 15.2 Å². The maximum absolute atomic E-state index is 5.41. The van der Waals surface area contributed by atoms with Crippen molar-refractivity contribution in [1.29, 1.82) is 0 Å². The molecule has 0 aliphatic heterocycles.